The Labute approximate surface area is 157 Å². The van der Waals surface area contributed by atoms with Crippen molar-refractivity contribution in [3.8, 4) is 0 Å². The number of anilines is 2. The van der Waals surface area contributed by atoms with Gasteiger partial charge in [0.2, 0.25) is 22.1 Å². The van der Waals surface area contributed by atoms with Crippen LogP contribution >= 0.6 is 23.1 Å². The number of thioether (sulfide) groups is 1. The maximum absolute atomic E-state index is 11.9. The lowest BCUT2D eigenvalue weighted by atomic mass is 10.3. The molecule has 0 unspecified atom stereocenters. The maximum atomic E-state index is 11.9. The van der Waals surface area contributed by atoms with Gasteiger partial charge in [-0.15, -0.1) is 15.3 Å². The number of carbonyl (C=O) groups excluding carboxylic acids is 1. The van der Waals surface area contributed by atoms with E-state index in [4.69, 9.17) is 0 Å². The highest BCUT2D eigenvalue weighted by Gasteiger charge is 2.10. The van der Waals surface area contributed by atoms with Gasteiger partial charge in [0.05, 0.1) is 12.0 Å². The summed E-state index contributed by atoms with van der Waals surface area (Å²) in [6.07, 6.45) is 5.79. The van der Waals surface area contributed by atoms with Gasteiger partial charge >= 0.3 is 0 Å². The molecule has 0 aromatic carbocycles. The zero-order valence-electron chi connectivity index (χ0n) is 13.7. The number of nitrogens with zero attached hydrogens (tertiary/aromatic N) is 6. The second kappa shape index (κ2) is 9.01. The normalized spacial score (nSPS) is 11.0. The van der Waals surface area contributed by atoms with Crippen LogP contribution in [0.3, 0.4) is 0 Å². The van der Waals surface area contributed by atoms with E-state index in [0.29, 0.717) is 16.2 Å². The highest BCUT2D eigenvalue weighted by Crippen LogP contribution is 2.17. The molecule has 3 aromatic rings. The van der Waals surface area contributed by atoms with Gasteiger partial charge in [-0.05, 0) is 24.1 Å². The summed E-state index contributed by atoms with van der Waals surface area (Å²) in [5.74, 6) is 0.359. The molecule has 134 valence electrons. The summed E-state index contributed by atoms with van der Waals surface area (Å²) in [5, 5.41) is 23.1. The van der Waals surface area contributed by atoms with E-state index in [1.54, 1.807) is 18.6 Å². The zero-order chi connectivity index (χ0) is 18.2. The predicted molar refractivity (Wildman–Crippen MR) is 100 cm³/mol. The molecular weight excluding hydrogens is 374 g/mol. The van der Waals surface area contributed by atoms with Crippen LogP contribution in [0.15, 0.2) is 34.8 Å². The van der Waals surface area contributed by atoms with E-state index in [0.717, 1.165) is 17.0 Å². The van der Waals surface area contributed by atoms with Crippen molar-refractivity contribution in [3.63, 3.8) is 0 Å². The van der Waals surface area contributed by atoms with Crippen molar-refractivity contribution in [2.75, 3.05) is 16.5 Å². The third-order valence-electron chi connectivity index (χ3n) is 2.90. The summed E-state index contributed by atoms with van der Waals surface area (Å²) in [6, 6.07) is 3.65. The third-order valence-corrected chi connectivity index (χ3v) is 4.73. The summed E-state index contributed by atoms with van der Waals surface area (Å²) >= 11 is 2.57. The fourth-order valence-corrected chi connectivity index (χ4v) is 3.00. The summed E-state index contributed by atoms with van der Waals surface area (Å²) in [4.78, 5) is 20.0. The van der Waals surface area contributed by atoms with Gasteiger partial charge in [0.1, 0.15) is 5.01 Å². The number of aromatic amines is 1. The van der Waals surface area contributed by atoms with Gasteiger partial charge in [-0.2, -0.15) is 10.1 Å². The number of pyridine rings is 1. The number of H-pyrrole nitrogens is 1. The standard InChI is InChI=1S/C14H15N9OS2/c1-2-11-19-23-14(26-11)17-10(24)8-25-13-18-12(21-22-13)20-16-7-9-3-5-15-6-4-9/h3-7H,2,8H2,1H3,(H,17,23,24)(H2,18,20,21,22)/b16-7-. The van der Waals surface area contributed by atoms with Crippen molar-refractivity contribution in [1.29, 1.82) is 0 Å². The lowest BCUT2D eigenvalue weighted by Gasteiger charge is -1.98. The second-order valence-electron chi connectivity index (χ2n) is 4.81. The average Bonchev–Trinajstić information content (AvgIpc) is 3.30. The van der Waals surface area contributed by atoms with E-state index in [1.165, 1.54) is 23.1 Å². The van der Waals surface area contributed by atoms with Gasteiger partial charge < -0.3 is 0 Å². The number of amides is 1. The van der Waals surface area contributed by atoms with Gasteiger partial charge in [0.15, 0.2) is 0 Å². The number of hydrogen-bond donors (Lipinski definition) is 3. The van der Waals surface area contributed by atoms with Crippen LogP contribution in [0.25, 0.3) is 0 Å². The number of nitrogens with one attached hydrogen (secondary N) is 3. The Kier molecular flexibility index (Phi) is 6.22. The van der Waals surface area contributed by atoms with E-state index in [-0.39, 0.29) is 11.7 Å². The summed E-state index contributed by atoms with van der Waals surface area (Å²) in [5.41, 5.74) is 3.64. The predicted octanol–water partition coefficient (Wildman–Crippen LogP) is 1.79. The first-order chi connectivity index (χ1) is 12.7. The molecule has 12 heteroatoms. The van der Waals surface area contributed by atoms with E-state index in [9.17, 15) is 4.79 Å². The molecule has 10 nitrogen and oxygen atoms in total. The maximum Gasteiger partial charge on any atom is 0.240 e. The van der Waals surface area contributed by atoms with Gasteiger partial charge in [-0.1, -0.05) is 30.0 Å². The minimum atomic E-state index is -0.191. The summed E-state index contributed by atoms with van der Waals surface area (Å²) in [6.45, 7) is 1.98. The van der Waals surface area contributed by atoms with Gasteiger partial charge in [0, 0.05) is 12.4 Å². The van der Waals surface area contributed by atoms with Crippen molar-refractivity contribution >= 4 is 46.3 Å². The van der Waals surface area contributed by atoms with Gasteiger partial charge in [-0.3, -0.25) is 15.1 Å². The Morgan fingerprint density at radius 1 is 1.38 bits per heavy atom. The first-order valence-corrected chi connectivity index (χ1v) is 9.39. The molecule has 0 aliphatic rings. The smallest absolute Gasteiger partial charge is 0.240 e. The molecular formula is C14H15N9OS2. The molecule has 0 saturated heterocycles. The SMILES string of the molecule is CCc1nnc(NC(=O)CSc2n[nH]c(N/N=C\c3ccncc3)n2)s1. The number of aryl methyl sites for hydroxylation is 1. The molecule has 0 aliphatic carbocycles. The van der Waals surface area contributed by atoms with E-state index in [2.05, 4.69) is 46.2 Å². The molecule has 0 radical (unpaired) electrons. The minimum Gasteiger partial charge on any atom is -0.300 e. The summed E-state index contributed by atoms with van der Waals surface area (Å²) in [7, 11) is 0. The van der Waals surface area contributed by atoms with Crippen LogP contribution in [0.2, 0.25) is 0 Å². The van der Waals surface area contributed by atoms with Crippen LogP contribution in [-0.4, -0.2) is 48.2 Å². The van der Waals surface area contributed by atoms with E-state index < -0.39 is 0 Å². The van der Waals surface area contributed by atoms with Crippen LogP contribution in [0.4, 0.5) is 11.1 Å². The fraction of sp³-hybridized carbons (Fsp3) is 0.214. The lowest BCUT2D eigenvalue weighted by molar-refractivity contribution is -0.113. The first-order valence-electron chi connectivity index (χ1n) is 7.59. The van der Waals surface area contributed by atoms with E-state index in [1.807, 2.05) is 19.1 Å². The first kappa shape index (κ1) is 17.9. The van der Waals surface area contributed by atoms with Gasteiger partial charge in [0.25, 0.3) is 0 Å². The number of hydrogen-bond acceptors (Lipinski definition) is 10. The molecule has 3 rings (SSSR count). The van der Waals surface area contributed by atoms with Crippen molar-refractivity contribution in [1.82, 2.24) is 30.4 Å². The topological polar surface area (TPSA) is 134 Å². The molecule has 0 bridgehead atoms. The Morgan fingerprint density at radius 3 is 3.00 bits per heavy atom. The molecule has 0 aliphatic heterocycles. The Morgan fingerprint density at radius 2 is 2.23 bits per heavy atom. The van der Waals surface area contributed by atoms with Crippen LogP contribution in [0.1, 0.15) is 17.5 Å². The highest BCUT2D eigenvalue weighted by molar-refractivity contribution is 7.99. The van der Waals surface area contributed by atoms with Crippen molar-refractivity contribution in [3.05, 3.63) is 35.1 Å². The molecule has 3 N–H and O–H groups in total. The summed E-state index contributed by atoms with van der Waals surface area (Å²) < 4.78 is 0. The quantitative estimate of drug-likeness (QED) is 0.302. The van der Waals surface area contributed by atoms with Crippen molar-refractivity contribution in [2.45, 2.75) is 18.5 Å². The minimum absolute atomic E-state index is 0.165. The second-order valence-corrected chi connectivity index (χ2v) is 6.81. The number of carbonyl (C=O) groups is 1. The Balaban J connectivity index is 1.44. The number of rotatable bonds is 8. The lowest BCUT2D eigenvalue weighted by Crippen LogP contribution is -2.13. The van der Waals surface area contributed by atoms with Crippen LogP contribution in [-0.2, 0) is 11.2 Å². The molecule has 0 saturated carbocycles. The monoisotopic (exact) mass is 389 g/mol. The van der Waals surface area contributed by atoms with Crippen LogP contribution in [0, 0.1) is 0 Å². The fourth-order valence-electron chi connectivity index (χ4n) is 1.71. The molecule has 1 amide bonds. The van der Waals surface area contributed by atoms with Crippen molar-refractivity contribution in [2.24, 2.45) is 5.10 Å². The van der Waals surface area contributed by atoms with Crippen LogP contribution in [0.5, 0.6) is 0 Å². The highest BCUT2D eigenvalue weighted by atomic mass is 32.2. The van der Waals surface area contributed by atoms with Gasteiger partial charge in [-0.25, -0.2) is 10.5 Å². The zero-order valence-corrected chi connectivity index (χ0v) is 15.3. The average molecular weight is 389 g/mol. The molecule has 0 atom stereocenters. The molecule has 0 spiro atoms. The number of aromatic nitrogens is 6. The van der Waals surface area contributed by atoms with Crippen molar-refractivity contribution < 1.29 is 4.79 Å². The largest absolute Gasteiger partial charge is 0.300 e. The number of hydrazone groups is 1. The molecule has 3 heterocycles. The Hall–Kier alpha value is -2.86. The third kappa shape index (κ3) is 5.32. The van der Waals surface area contributed by atoms with Crippen LogP contribution < -0.4 is 10.7 Å². The molecule has 26 heavy (non-hydrogen) atoms. The van der Waals surface area contributed by atoms with E-state index >= 15 is 0 Å². The Bertz CT molecular complexity index is 877. The molecule has 3 aromatic heterocycles. The molecule has 0 fully saturated rings.